The number of hydrogen-bond acceptors (Lipinski definition) is 5. The number of nitrogens with zero attached hydrogens (tertiary/aromatic N) is 5. The van der Waals surface area contributed by atoms with Gasteiger partial charge in [0.15, 0.2) is 5.65 Å². The van der Waals surface area contributed by atoms with E-state index < -0.39 is 11.9 Å². The molecule has 29 heavy (non-hydrogen) atoms. The summed E-state index contributed by atoms with van der Waals surface area (Å²) in [4.78, 5) is 10.9. The summed E-state index contributed by atoms with van der Waals surface area (Å²) in [6.07, 6.45) is -0.866. The van der Waals surface area contributed by atoms with Crippen molar-refractivity contribution in [3.8, 4) is 0 Å². The van der Waals surface area contributed by atoms with Crippen LogP contribution in [0.5, 0.6) is 0 Å². The topological polar surface area (TPSA) is 58.4 Å². The van der Waals surface area contributed by atoms with E-state index in [0.29, 0.717) is 11.4 Å². The van der Waals surface area contributed by atoms with Gasteiger partial charge in [0.05, 0.1) is 5.69 Å². The van der Waals surface area contributed by atoms with E-state index >= 15 is 0 Å². The zero-order valence-corrected chi connectivity index (χ0v) is 16.4. The molecule has 1 aliphatic rings. The Bertz CT molecular complexity index is 1010. The van der Waals surface area contributed by atoms with Crippen LogP contribution in [0.4, 0.5) is 19.0 Å². The van der Waals surface area contributed by atoms with Crippen molar-refractivity contribution >= 4 is 11.5 Å². The summed E-state index contributed by atoms with van der Waals surface area (Å²) in [7, 11) is 1.84. The van der Waals surface area contributed by atoms with Gasteiger partial charge in [-0.2, -0.15) is 18.3 Å². The van der Waals surface area contributed by atoms with Crippen LogP contribution in [0, 0.1) is 6.92 Å². The van der Waals surface area contributed by atoms with Crippen LogP contribution in [0.25, 0.3) is 5.65 Å². The Kier molecular flexibility index (Phi) is 5.16. The summed E-state index contributed by atoms with van der Waals surface area (Å²) in [6, 6.07) is 6.68. The average molecular weight is 404 g/mol. The highest BCUT2D eigenvalue weighted by Crippen LogP contribution is 2.32. The van der Waals surface area contributed by atoms with Gasteiger partial charge in [0.25, 0.3) is 0 Å². The summed E-state index contributed by atoms with van der Waals surface area (Å²) >= 11 is 0. The number of piperidine rings is 1. The predicted molar refractivity (Wildman–Crippen MR) is 104 cm³/mol. The lowest BCUT2D eigenvalue weighted by molar-refractivity contribution is -0.142. The Morgan fingerprint density at radius 1 is 1.28 bits per heavy atom. The summed E-state index contributed by atoms with van der Waals surface area (Å²) in [5.41, 5.74) is 1.56. The summed E-state index contributed by atoms with van der Waals surface area (Å²) in [5, 5.41) is 7.41. The van der Waals surface area contributed by atoms with Gasteiger partial charge in [-0.1, -0.05) is 6.07 Å². The van der Waals surface area contributed by atoms with Crippen molar-refractivity contribution in [1.82, 2.24) is 24.5 Å². The molecule has 0 aromatic carbocycles. The van der Waals surface area contributed by atoms with Crippen molar-refractivity contribution in [3.63, 3.8) is 0 Å². The summed E-state index contributed by atoms with van der Waals surface area (Å²) < 4.78 is 41.2. The number of likely N-dealkylation sites (tertiary alicyclic amines) is 1. The molecule has 0 spiro atoms. The molecule has 0 amide bonds. The van der Waals surface area contributed by atoms with Gasteiger partial charge in [0, 0.05) is 49.6 Å². The molecule has 4 heterocycles. The molecule has 0 radical (unpaired) electrons. The van der Waals surface area contributed by atoms with Crippen molar-refractivity contribution < 1.29 is 13.2 Å². The highest BCUT2D eigenvalue weighted by atomic mass is 19.4. The van der Waals surface area contributed by atoms with Gasteiger partial charge >= 0.3 is 6.18 Å². The van der Waals surface area contributed by atoms with Crippen LogP contribution in [0.1, 0.15) is 41.4 Å². The van der Waals surface area contributed by atoms with E-state index in [4.69, 9.17) is 0 Å². The first-order chi connectivity index (χ1) is 13.8. The Labute approximate surface area is 166 Å². The lowest BCUT2D eigenvalue weighted by atomic mass is 9.94. The standard InChI is InChI=1S/C20H23F3N6/c1-13-9-17(20(21,22)23)29-18(26-13)10-16(27-29)14-6-4-8-28(11-14)12-15-5-3-7-25-19(15)24-2/h3,5,7,9-10,14H,4,6,8,11-12H2,1-2H3,(H,24,25). The lowest BCUT2D eigenvalue weighted by Gasteiger charge is -2.32. The zero-order chi connectivity index (χ0) is 20.6. The molecule has 0 bridgehead atoms. The van der Waals surface area contributed by atoms with Gasteiger partial charge in [0.2, 0.25) is 0 Å². The van der Waals surface area contributed by atoms with Gasteiger partial charge in [-0.3, -0.25) is 4.90 Å². The van der Waals surface area contributed by atoms with Crippen LogP contribution >= 0.6 is 0 Å². The highest BCUT2D eigenvalue weighted by Gasteiger charge is 2.35. The molecule has 1 unspecified atom stereocenters. The maximum absolute atomic E-state index is 13.4. The number of rotatable bonds is 4. The first-order valence-electron chi connectivity index (χ1n) is 9.63. The van der Waals surface area contributed by atoms with Crippen molar-refractivity contribution in [2.45, 2.75) is 38.4 Å². The Hall–Kier alpha value is -2.68. The fourth-order valence-corrected chi connectivity index (χ4v) is 3.99. The first-order valence-corrected chi connectivity index (χ1v) is 9.63. The minimum Gasteiger partial charge on any atom is -0.373 e. The minimum absolute atomic E-state index is 0.0709. The Morgan fingerprint density at radius 3 is 2.86 bits per heavy atom. The number of fused-ring (bicyclic) bond motifs is 1. The number of anilines is 1. The third-order valence-corrected chi connectivity index (χ3v) is 5.31. The summed E-state index contributed by atoms with van der Waals surface area (Å²) in [5.74, 6) is 0.915. The zero-order valence-electron chi connectivity index (χ0n) is 16.4. The molecule has 3 aromatic heterocycles. The number of nitrogens with one attached hydrogen (secondary N) is 1. The number of aryl methyl sites for hydroxylation is 1. The van der Waals surface area contributed by atoms with Crippen LogP contribution < -0.4 is 5.32 Å². The second-order valence-corrected chi connectivity index (χ2v) is 7.46. The normalized spacial score (nSPS) is 18.3. The van der Waals surface area contributed by atoms with Crippen LogP contribution in [0.15, 0.2) is 30.5 Å². The van der Waals surface area contributed by atoms with Crippen molar-refractivity contribution in [1.29, 1.82) is 0 Å². The monoisotopic (exact) mass is 404 g/mol. The number of alkyl halides is 3. The van der Waals surface area contributed by atoms with E-state index in [1.807, 2.05) is 19.2 Å². The predicted octanol–water partition coefficient (Wildman–Crippen LogP) is 3.87. The van der Waals surface area contributed by atoms with Crippen LogP contribution in [-0.2, 0) is 12.7 Å². The maximum Gasteiger partial charge on any atom is 0.433 e. The van der Waals surface area contributed by atoms with E-state index in [1.165, 1.54) is 0 Å². The Balaban J connectivity index is 1.59. The van der Waals surface area contributed by atoms with Crippen molar-refractivity contribution in [3.05, 3.63) is 53.1 Å². The molecule has 6 nitrogen and oxygen atoms in total. The van der Waals surface area contributed by atoms with Gasteiger partial charge in [-0.25, -0.2) is 14.5 Å². The summed E-state index contributed by atoms with van der Waals surface area (Å²) in [6.45, 7) is 3.98. The maximum atomic E-state index is 13.4. The minimum atomic E-state index is -4.47. The molecule has 4 rings (SSSR count). The fourth-order valence-electron chi connectivity index (χ4n) is 3.99. The molecule has 154 valence electrons. The molecule has 3 aromatic rings. The molecular formula is C20H23F3N6. The second-order valence-electron chi connectivity index (χ2n) is 7.46. The van der Waals surface area contributed by atoms with Gasteiger partial charge in [-0.05, 0) is 38.4 Å². The SMILES string of the molecule is CNc1ncccc1CN1CCCC(c2cc3nc(C)cc(C(F)(F)F)n3n2)C1. The quantitative estimate of drug-likeness (QED) is 0.715. The largest absolute Gasteiger partial charge is 0.433 e. The average Bonchev–Trinajstić information content (AvgIpc) is 3.11. The lowest BCUT2D eigenvalue weighted by Crippen LogP contribution is -2.34. The molecule has 1 saturated heterocycles. The van der Waals surface area contributed by atoms with E-state index in [0.717, 1.165) is 54.4 Å². The number of halogens is 3. The van der Waals surface area contributed by atoms with Crippen molar-refractivity contribution in [2.75, 3.05) is 25.5 Å². The molecule has 0 aliphatic carbocycles. The number of aromatic nitrogens is 4. The third-order valence-electron chi connectivity index (χ3n) is 5.31. The number of pyridine rings is 1. The van der Waals surface area contributed by atoms with Crippen LogP contribution in [-0.4, -0.2) is 44.6 Å². The highest BCUT2D eigenvalue weighted by molar-refractivity contribution is 5.44. The molecule has 1 atom stereocenters. The molecule has 1 N–H and O–H groups in total. The number of hydrogen-bond donors (Lipinski definition) is 1. The molecule has 1 fully saturated rings. The van der Waals surface area contributed by atoms with Crippen molar-refractivity contribution in [2.24, 2.45) is 0 Å². The molecular weight excluding hydrogens is 381 g/mol. The van der Waals surface area contributed by atoms with E-state index in [2.05, 4.69) is 25.3 Å². The van der Waals surface area contributed by atoms with E-state index in [1.54, 1.807) is 19.2 Å². The van der Waals surface area contributed by atoms with Crippen LogP contribution in [0.3, 0.4) is 0 Å². The van der Waals surface area contributed by atoms with E-state index in [9.17, 15) is 13.2 Å². The first kappa shape index (κ1) is 19.6. The fraction of sp³-hybridized carbons (Fsp3) is 0.450. The Morgan fingerprint density at radius 2 is 2.10 bits per heavy atom. The molecule has 0 saturated carbocycles. The van der Waals surface area contributed by atoms with E-state index in [-0.39, 0.29) is 11.6 Å². The second kappa shape index (κ2) is 7.62. The van der Waals surface area contributed by atoms with Gasteiger partial charge in [0.1, 0.15) is 11.5 Å². The smallest absolute Gasteiger partial charge is 0.373 e. The molecule has 1 aliphatic heterocycles. The van der Waals surface area contributed by atoms with Gasteiger partial charge < -0.3 is 5.32 Å². The van der Waals surface area contributed by atoms with Crippen LogP contribution in [0.2, 0.25) is 0 Å². The molecule has 9 heteroatoms. The van der Waals surface area contributed by atoms with Gasteiger partial charge in [-0.15, -0.1) is 0 Å². The third kappa shape index (κ3) is 4.05.